The summed E-state index contributed by atoms with van der Waals surface area (Å²) in [5.74, 6) is -0.0223. The standard InChI is InChI=1S/C19H27FN2O3S/c1-11(12-6-7-17(16(20)10-12)26(2,24)25)22-19(23)15-8-13-4-3-5-14(9-15)18(13)21/h6-7,10-11,13-15,18H,3-5,8-9,21H2,1-2H3,(H,22,23). The third-order valence-corrected chi connectivity index (χ3v) is 7.13. The van der Waals surface area contributed by atoms with Crippen molar-refractivity contribution in [1.29, 1.82) is 0 Å². The molecule has 2 saturated carbocycles. The Morgan fingerprint density at radius 3 is 2.42 bits per heavy atom. The number of benzene rings is 1. The Hall–Kier alpha value is -1.47. The Labute approximate surface area is 154 Å². The van der Waals surface area contributed by atoms with Crippen molar-refractivity contribution in [3.05, 3.63) is 29.6 Å². The first kappa shape index (κ1) is 19.3. The van der Waals surface area contributed by atoms with E-state index in [0.29, 0.717) is 17.4 Å². The number of nitrogens with two attached hydrogens (primary N) is 1. The first-order chi connectivity index (χ1) is 12.2. The zero-order valence-corrected chi connectivity index (χ0v) is 16.1. The molecule has 1 aromatic rings. The van der Waals surface area contributed by atoms with Crippen molar-refractivity contribution in [2.24, 2.45) is 23.5 Å². The van der Waals surface area contributed by atoms with Crippen molar-refractivity contribution in [3.8, 4) is 0 Å². The Balaban J connectivity index is 1.67. The van der Waals surface area contributed by atoms with Gasteiger partial charge in [-0.2, -0.15) is 0 Å². The molecule has 0 radical (unpaired) electrons. The van der Waals surface area contributed by atoms with Crippen LogP contribution in [-0.4, -0.2) is 26.6 Å². The van der Waals surface area contributed by atoms with Crippen LogP contribution < -0.4 is 11.1 Å². The van der Waals surface area contributed by atoms with Gasteiger partial charge < -0.3 is 11.1 Å². The molecule has 1 aromatic carbocycles. The normalized spacial score (nSPS) is 29.8. The van der Waals surface area contributed by atoms with E-state index in [0.717, 1.165) is 31.9 Å². The Bertz CT molecular complexity index is 782. The lowest BCUT2D eigenvalue weighted by molar-refractivity contribution is -0.128. The summed E-state index contributed by atoms with van der Waals surface area (Å²) in [7, 11) is -3.60. The molecular weight excluding hydrogens is 355 g/mol. The van der Waals surface area contributed by atoms with Crippen molar-refractivity contribution in [2.45, 2.75) is 56.0 Å². The zero-order chi connectivity index (χ0) is 19.1. The number of amides is 1. The van der Waals surface area contributed by atoms with E-state index in [-0.39, 0.29) is 28.8 Å². The van der Waals surface area contributed by atoms with Crippen LogP contribution in [0.4, 0.5) is 4.39 Å². The van der Waals surface area contributed by atoms with E-state index in [9.17, 15) is 17.6 Å². The van der Waals surface area contributed by atoms with Gasteiger partial charge in [-0.3, -0.25) is 4.79 Å². The third-order valence-electron chi connectivity index (χ3n) is 6.00. The molecule has 3 N–H and O–H groups in total. The molecule has 3 unspecified atom stereocenters. The van der Waals surface area contributed by atoms with E-state index < -0.39 is 15.7 Å². The van der Waals surface area contributed by atoms with Crippen LogP contribution in [0.5, 0.6) is 0 Å². The van der Waals surface area contributed by atoms with Gasteiger partial charge in [-0.05, 0) is 62.1 Å². The second kappa shape index (κ2) is 7.27. The summed E-state index contributed by atoms with van der Waals surface area (Å²) in [5, 5.41) is 2.96. The number of hydrogen-bond donors (Lipinski definition) is 2. The van der Waals surface area contributed by atoms with Crippen LogP contribution in [0.2, 0.25) is 0 Å². The molecule has 0 aromatic heterocycles. The van der Waals surface area contributed by atoms with Gasteiger partial charge in [0.2, 0.25) is 5.91 Å². The number of rotatable bonds is 4. The van der Waals surface area contributed by atoms with Crippen LogP contribution in [0.25, 0.3) is 0 Å². The third kappa shape index (κ3) is 3.93. The average Bonchev–Trinajstić information content (AvgIpc) is 2.53. The summed E-state index contributed by atoms with van der Waals surface area (Å²) in [6, 6.07) is 3.82. The predicted octanol–water partition coefficient (Wildman–Crippen LogP) is 2.56. The average molecular weight is 383 g/mol. The predicted molar refractivity (Wildman–Crippen MR) is 97.6 cm³/mol. The molecule has 144 valence electrons. The van der Waals surface area contributed by atoms with E-state index in [1.165, 1.54) is 18.6 Å². The highest BCUT2D eigenvalue weighted by Crippen LogP contribution is 2.42. The fourth-order valence-corrected chi connectivity index (χ4v) is 5.23. The van der Waals surface area contributed by atoms with Gasteiger partial charge in [-0.15, -0.1) is 0 Å². The second-order valence-corrected chi connectivity index (χ2v) is 9.87. The van der Waals surface area contributed by atoms with E-state index in [1.807, 2.05) is 0 Å². The number of hydrogen-bond acceptors (Lipinski definition) is 4. The van der Waals surface area contributed by atoms with Crippen molar-refractivity contribution in [2.75, 3.05) is 6.26 Å². The molecule has 0 heterocycles. The summed E-state index contributed by atoms with van der Waals surface area (Å²) in [6.45, 7) is 1.78. The fraction of sp³-hybridized carbons (Fsp3) is 0.632. The van der Waals surface area contributed by atoms with Gasteiger partial charge in [0.25, 0.3) is 0 Å². The molecule has 2 aliphatic carbocycles. The molecule has 0 spiro atoms. The molecule has 3 atom stereocenters. The first-order valence-electron chi connectivity index (χ1n) is 9.22. The highest BCUT2D eigenvalue weighted by Gasteiger charge is 2.40. The van der Waals surface area contributed by atoms with E-state index in [1.54, 1.807) is 13.0 Å². The van der Waals surface area contributed by atoms with Crippen LogP contribution in [0.3, 0.4) is 0 Å². The Morgan fingerprint density at radius 1 is 1.27 bits per heavy atom. The molecule has 5 nitrogen and oxygen atoms in total. The van der Waals surface area contributed by atoms with Crippen LogP contribution in [0.1, 0.15) is 50.6 Å². The van der Waals surface area contributed by atoms with Gasteiger partial charge >= 0.3 is 0 Å². The minimum Gasteiger partial charge on any atom is -0.349 e. The van der Waals surface area contributed by atoms with E-state index in [2.05, 4.69) is 5.32 Å². The number of halogens is 1. The topological polar surface area (TPSA) is 89.3 Å². The molecule has 1 amide bonds. The van der Waals surface area contributed by atoms with Gasteiger partial charge in [0.05, 0.1) is 6.04 Å². The molecule has 26 heavy (non-hydrogen) atoms. The Morgan fingerprint density at radius 2 is 1.88 bits per heavy atom. The molecule has 0 aliphatic heterocycles. The summed E-state index contributed by atoms with van der Waals surface area (Å²) in [5.41, 5.74) is 6.83. The van der Waals surface area contributed by atoms with Gasteiger partial charge in [-0.1, -0.05) is 12.5 Å². The molecule has 2 fully saturated rings. The van der Waals surface area contributed by atoms with Crippen molar-refractivity contribution in [3.63, 3.8) is 0 Å². The number of fused-ring (bicyclic) bond motifs is 2. The monoisotopic (exact) mass is 382 g/mol. The second-order valence-electron chi connectivity index (χ2n) is 7.89. The number of nitrogens with one attached hydrogen (secondary N) is 1. The molecular formula is C19H27FN2O3S. The van der Waals surface area contributed by atoms with Crippen molar-refractivity contribution in [1.82, 2.24) is 5.32 Å². The van der Waals surface area contributed by atoms with Crippen molar-refractivity contribution < 1.29 is 17.6 Å². The van der Waals surface area contributed by atoms with Crippen LogP contribution in [0.15, 0.2) is 23.1 Å². The van der Waals surface area contributed by atoms with Crippen LogP contribution in [-0.2, 0) is 14.6 Å². The van der Waals surface area contributed by atoms with Crippen LogP contribution >= 0.6 is 0 Å². The minimum atomic E-state index is -3.60. The Kier molecular flexibility index (Phi) is 5.40. The maximum Gasteiger partial charge on any atom is 0.223 e. The summed E-state index contributed by atoms with van der Waals surface area (Å²) in [6.07, 6.45) is 5.99. The summed E-state index contributed by atoms with van der Waals surface area (Å²) >= 11 is 0. The summed E-state index contributed by atoms with van der Waals surface area (Å²) in [4.78, 5) is 12.4. The lowest BCUT2D eigenvalue weighted by atomic mass is 9.65. The van der Waals surface area contributed by atoms with Gasteiger partial charge in [-0.25, -0.2) is 12.8 Å². The quantitative estimate of drug-likeness (QED) is 0.837. The number of sulfone groups is 1. The van der Waals surface area contributed by atoms with Crippen LogP contribution in [0, 0.1) is 23.6 Å². The lowest BCUT2D eigenvalue weighted by Crippen LogP contribution is -2.49. The SMILES string of the molecule is CC(NC(=O)C1CC2CCCC(C1)C2N)c1ccc(S(C)(=O)=O)c(F)c1. The zero-order valence-electron chi connectivity index (χ0n) is 15.2. The number of carbonyl (C=O) groups is 1. The molecule has 2 aliphatic rings. The largest absolute Gasteiger partial charge is 0.349 e. The number of carbonyl (C=O) groups excluding carboxylic acids is 1. The first-order valence-corrected chi connectivity index (χ1v) is 11.1. The fourth-order valence-electron chi connectivity index (χ4n) is 4.50. The van der Waals surface area contributed by atoms with Crippen molar-refractivity contribution >= 4 is 15.7 Å². The van der Waals surface area contributed by atoms with Gasteiger partial charge in [0.15, 0.2) is 9.84 Å². The van der Waals surface area contributed by atoms with E-state index >= 15 is 0 Å². The maximum absolute atomic E-state index is 14.1. The molecule has 3 rings (SSSR count). The minimum absolute atomic E-state index is 0.0195. The van der Waals surface area contributed by atoms with E-state index in [4.69, 9.17) is 5.73 Å². The maximum atomic E-state index is 14.1. The van der Waals surface area contributed by atoms with Gasteiger partial charge in [0, 0.05) is 18.2 Å². The molecule has 0 saturated heterocycles. The molecule has 2 bridgehead atoms. The smallest absolute Gasteiger partial charge is 0.223 e. The lowest BCUT2D eigenvalue weighted by Gasteiger charge is -2.43. The highest BCUT2D eigenvalue weighted by atomic mass is 32.2. The highest BCUT2D eigenvalue weighted by molar-refractivity contribution is 7.90. The summed E-state index contributed by atoms with van der Waals surface area (Å²) < 4.78 is 37.1. The molecule has 7 heteroatoms. The van der Waals surface area contributed by atoms with Gasteiger partial charge in [0.1, 0.15) is 10.7 Å².